The van der Waals surface area contributed by atoms with Crippen molar-refractivity contribution in [1.29, 1.82) is 0 Å². The first kappa shape index (κ1) is 31.1. The molecular weight excluding hydrogens is 607 g/mol. The average molecular weight is 643 g/mol. The van der Waals surface area contributed by atoms with Crippen molar-refractivity contribution in [2.75, 3.05) is 68.7 Å². The molecule has 1 amide bonds. The van der Waals surface area contributed by atoms with Crippen LogP contribution in [-0.2, 0) is 5.75 Å². The van der Waals surface area contributed by atoms with Gasteiger partial charge in [0.05, 0.1) is 5.69 Å². The molecule has 0 atom stereocenters. The number of amides is 1. The van der Waals surface area contributed by atoms with Crippen LogP contribution in [0.3, 0.4) is 0 Å². The maximum absolute atomic E-state index is 14.2. The molecule has 0 N–H and O–H groups in total. The van der Waals surface area contributed by atoms with Crippen molar-refractivity contribution in [2.45, 2.75) is 10.9 Å². The van der Waals surface area contributed by atoms with E-state index < -0.39 is 0 Å². The van der Waals surface area contributed by atoms with Crippen LogP contribution < -0.4 is 9.80 Å². The molecule has 1 aromatic heterocycles. The maximum Gasteiger partial charge on any atom is 0.253 e. The fourth-order valence-corrected chi connectivity index (χ4v) is 6.64. The number of anilines is 2. The second-order valence-corrected chi connectivity index (χ2v) is 12.5. The van der Waals surface area contributed by atoms with Crippen LogP contribution in [0.2, 0.25) is 5.15 Å². The zero-order valence-electron chi connectivity index (χ0n) is 25.1. The van der Waals surface area contributed by atoms with E-state index >= 15 is 0 Å². The number of carbonyl (C=O) groups excluding carboxylic acids is 1. The summed E-state index contributed by atoms with van der Waals surface area (Å²) in [5.74, 6) is 1.31. The van der Waals surface area contributed by atoms with Crippen LogP contribution in [0.25, 0.3) is 6.08 Å². The predicted molar refractivity (Wildman–Crippen MR) is 182 cm³/mol. The number of thioether (sulfide) groups is 1. The number of aromatic nitrogens is 2. The van der Waals surface area contributed by atoms with Crippen molar-refractivity contribution in [2.24, 2.45) is 0 Å². The number of hydrogen-bond donors (Lipinski definition) is 0. The predicted octanol–water partition coefficient (Wildman–Crippen LogP) is 6.36. The van der Waals surface area contributed by atoms with Crippen molar-refractivity contribution in [1.82, 2.24) is 19.8 Å². The van der Waals surface area contributed by atoms with E-state index in [9.17, 15) is 9.18 Å². The Morgan fingerprint density at radius 3 is 2.24 bits per heavy atom. The largest absolute Gasteiger partial charge is 0.366 e. The first-order valence-corrected chi connectivity index (χ1v) is 16.6. The molecule has 45 heavy (non-hydrogen) atoms. The van der Waals surface area contributed by atoms with Crippen LogP contribution in [0.15, 0.2) is 96.2 Å². The lowest BCUT2D eigenvalue weighted by atomic mass is 10.1. The number of benzene rings is 3. The van der Waals surface area contributed by atoms with Crippen LogP contribution in [-0.4, -0.2) is 84.6 Å². The van der Waals surface area contributed by atoms with Crippen LogP contribution >= 0.6 is 23.4 Å². The van der Waals surface area contributed by atoms with E-state index in [1.807, 2.05) is 59.5 Å². The van der Waals surface area contributed by atoms with Gasteiger partial charge in [0.2, 0.25) is 0 Å². The fraction of sp³-hybridized carbons (Fsp3) is 0.286. The Morgan fingerprint density at radius 2 is 1.51 bits per heavy atom. The fourth-order valence-electron chi connectivity index (χ4n) is 5.61. The van der Waals surface area contributed by atoms with Gasteiger partial charge in [0, 0.05) is 76.3 Å². The topological polar surface area (TPSA) is 55.8 Å². The van der Waals surface area contributed by atoms with Gasteiger partial charge >= 0.3 is 0 Å². The Labute approximate surface area is 273 Å². The van der Waals surface area contributed by atoms with Gasteiger partial charge in [0.25, 0.3) is 5.91 Å². The first-order valence-electron chi connectivity index (χ1n) is 15.3. The van der Waals surface area contributed by atoms with E-state index in [0.717, 1.165) is 44.1 Å². The molecule has 232 valence electrons. The van der Waals surface area contributed by atoms with E-state index in [1.165, 1.54) is 23.4 Å². The molecule has 0 radical (unpaired) electrons. The van der Waals surface area contributed by atoms with E-state index in [0.29, 0.717) is 53.5 Å². The van der Waals surface area contributed by atoms with Crippen molar-refractivity contribution in [3.63, 3.8) is 0 Å². The average Bonchev–Trinajstić information content (AvgIpc) is 3.08. The number of carbonyl (C=O) groups is 1. The molecule has 0 bridgehead atoms. The molecule has 2 saturated heterocycles. The summed E-state index contributed by atoms with van der Waals surface area (Å²) in [6.45, 7) is 6.86. The lowest BCUT2D eigenvalue weighted by Gasteiger charge is -2.36. The smallest absolute Gasteiger partial charge is 0.253 e. The third-order valence-corrected chi connectivity index (χ3v) is 9.27. The van der Waals surface area contributed by atoms with Gasteiger partial charge in [-0.05, 0) is 35.4 Å². The standard InChI is InChI=1S/C35H36ClFN6OS/c36-32-25-33(42-23-21-41(22-24-42)31-11-5-4-10-30(31)37)39-35(38-32)45-26-28-12-14-29(15-13-28)34(44)43-19-17-40(18-20-43)16-6-9-27-7-2-1-3-8-27/h1-15,25H,16-24,26H2. The van der Waals surface area contributed by atoms with E-state index in [2.05, 4.69) is 44.0 Å². The normalized spacial score (nSPS) is 16.0. The molecule has 3 heterocycles. The lowest BCUT2D eigenvalue weighted by molar-refractivity contribution is 0.0650. The Hall–Kier alpha value is -3.92. The first-order chi connectivity index (χ1) is 22.0. The highest BCUT2D eigenvalue weighted by molar-refractivity contribution is 7.98. The maximum atomic E-state index is 14.2. The molecule has 10 heteroatoms. The zero-order valence-corrected chi connectivity index (χ0v) is 26.6. The van der Waals surface area contributed by atoms with E-state index in [-0.39, 0.29) is 11.7 Å². The monoisotopic (exact) mass is 642 g/mol. The summed E-state index contributed by atoms with van der Waals surface area (Å²) < 4.78 is 14.2. The van der Waals surface area contributed by atoms with Gasteiger partial charge in [-0.1, -0.05) is 90.1 Å². The second-order valence-electron chi connectivity index (χ2n) is 11.1. The summed E-state index contributed by atoms with van der Waals surface area (Å²) in [7, 11) is 0. The third kappa shape index (κ3) is 8.22. The van der Waals surface area contributed by atoms with Crippen molar-refractivity contribution in [3.05, 3.63) is 119 Å². The molecule has 0 spiro atoms. The number of nitrogens with zero attached hydrogens (tertiary/aromatic N) is 6. The van der Waals surface area contributed by atoms with Crippen molar-refractivity contribution < 1.29 is 9.18 Å². The second kappa shape index (κ2) is 14.9. The highest BCUT2D eigenvalue weighted by Crippen LogP contribution is 2.27. The van der Waals surface area contributed by atoms with Gasteiger partial charge in [0.1, 0.15) is 16.8 Å². The summed E-state index contributed by atoms with van der Waals surface area (Å²) in [6, 6.07) is 26.8. The van der Waals surface area contributed by atoms with Crippen molar-refractivity contribution in [3.8, 4) is 0 Å². The summed E-state index contributed by atoms with van der Waals surface area (Å²) in [5.41, 5.74) is 3.62. The number of para-hydroxylation sites is 1. The molecule has 0 aliphatic carbocycles. The van der Waals surface area contributed by atoms with Gasteiger partial charge in [-0.3, -0.25) is 9.69 Å². The molecule has 4 aromatic rings. The van der Waals surface area contributed by atoms with Gasteiger partial charge in [-0.25, -0.2) is 14.4 Å². The van der Waals surface area contributed by atoms with Crippen LogP contribution in [0.5, 0.6) is 0 Å². The van der Waals surface area contributed by atoms with Gasteiger partial charge in [-0.15, -0.1) is 0 Å². The molecule has 0 saturated carbocycles. The quantitative estimate of drug-likeness (QED) is 0.120. The number of piperazine rings is 2. The van der Waals surface area contributed by atoms with E-state index in [1.54, 1.807) is 12.1 Å². The number of rotatable bonds is 9. The number of hydrogen-bond acceptors (Lipinski definition) is 7. The molecule has 2 fully saturated rings. The molecule has 6 rings (SSSR count). The molecular formula is C35H36ClFN6OS. The van der Waals surface area contributed by atoms with Crippen LogP contribution in [0.4, 0.5) is 15.9 Å². The summed E-state index contributed by atoms with van der Waals surface area (Å²) >= 11 is 7.90. The lowest BCUT2D eigenvalue weighted by Crippen LogP contribution is -2.48. The summed E-state index contributed by atoms with van der Waals surface area (Å²) in [5, 5.41) is 0.998. The van der Waals surface area contributed by atoms with Crippen LogP contribution in [0.1, 0.15) is 21.5 Å². The minimum Gasteiger partial charge on any atom is -0.366 e. The Morgan fingerprint density at radius 1 is 0.822 bits per heavy atom. The zero-order chi connectivity index (χ0) is 31.0. The molecule has 3 aromatic carbocycles. The Kier molecular flexibility index (Phi) is 10.3. The molecule has 0 unspecified atom stereocenters. The molecule has 2 aliphatic heterocycles. The SMILES string of the molecule is O=C(c1ccc(CSc2nc(Cl)cc(N3CCN(c4ccccc4F)CC3)n2)cc1)N1CCN(CC=Cc2ccccc2)CC1. The minimum atomic E-state index is -0.200. The highest BCUT2D eigenvalue weighted by Gasteiger charge is 2.23. The molecule has 2 aliphatic rings. The van der Waals surface area contributed by atoms with Crippen molar-refractivity contribution >= 4 is 46.9 Å². The Balaban J connectivity index is 0.974. The van der Waals surface area contributed by atoms with Gasteiger partial charge in [-0.2, -0.15) is 0 Å². The van der Waals surface area contributed by atoms with Crippen LogP contribution in [0, 0.1) is 5.82 Å². The minimum absolute atomic E-state index is 0.0756. The highest BCUT2D eigenvalue weighted by atomic mass is 35.5. The number of halogens is 2. The van der Waals surface area contributed by atoms with Gasteiger partial charge in [0.15, 0.2) is 5.16 Å². The Bertz CT molecular complexity index is 1610. The summed E-state index contributed by atoms with van der Waals surface area (Å²) in [4.78, 5) is 30.9. The third-order valence-electron chi connectivity index (χ3n) is 8.16. The van der Waals surface area contributed by atoms with E-state index in [4.69, 9.17) is 16.6 Å². The summed E-state index contributed by atoms with van der Waals surface area (Å²) in [6.07, 6.45) is 4.34. The molecule has 7 nitrogen and oxygen atoms in total. The van der Waals surface area contributed by atoms with Gasteiger partial charge < -0.3 is 14.7 Å².